The van der Waals surface area contributed by atoms with Crippen molar-refractivity contribution < 1.29 is 16.7 Å². The zero-order valence-electron chi connectivity index (χ0n) is 4.24. The van der Waals surface area contributed by atoms with Gasteiger partial charge >= 0.3 is 10.2 Å². The minimum absolute atomic E-state index is 0.442. The molecular weight excluding hydrogens is 147 g/mol. The van der Waals surface area contributed by atoms with Crippen LogP contribution >= 0.6 is 0 Å². The lowest BCUT2D eigenvalue weighted by Gasteiger charge is -1.80. The van der Waals surface area contributed by atoms with Crippen molar-refractivity contribution in [2.75, 3.05) is 0 Å². The Balaban J connectivity index is 3.20. The van der Waals surface area contributed by atoms with Crippen LogP contribution in [-0.2, 0) is 10.2 Å². The van der Waals surface area contributed by atoms with Gasteiger partial charge in [0, 0.05) is 0 Å². The van der Waals surface area contributed by atoms with Crippen LogP contribution in [0.3, 0.4) is 0 Å². The average Bonchev–Trinajstić information content (AvgIpc) is 2.08. The molecule has 3 nitrogen and oxygen atoms in total. The monoisotopic (exact) mass is 150 g/mol. The number of halogens is 1. The summed E-state index contributed by atoms with van der Waals surface area (Å²) in [5.74, 6) is 0. The molecule has 0 amide bonds. The topological polar surface area (TPSA) is 47.3 Å². The zero-order valence-corrected chi connectivity index (χ0v) is 5.06. The molecule has 1 aromatic heterocycles. The van der Waals surface area contributed by atoms with Gasteiger partial charge in [0.2, 0.25) is 0 Å². The third-order valence-corrected chi connectivity index (χ3v) is 1.57. The van der Waals surface area contributed by atoms with Crippen molar-refractivity contribution in [1.29, 1.82) is 0 Å². The normalized spacial score (nSPS) is 11.7. The average molecular weight is 150 g/mol. The van der Waals surface area contributed by atoms with Crippen molar-refractivity contribution in [1.82, 2.24) is 0 Å². The van der Waals surface area contributed by atoms with Crippen LogP contribution in [0.1, 0.15) is 0 Å². The maximum atomic E-state index is 11.9. The number of hydrogen-bond donors (Lipinski definition) is 0. The Hall–Kier alpha value is -0.840. The molecule has 0 spiro atoms. The van der Waals surface area contributed by atoms with Gasteiger partial charge < -0.3 is 4.42 Å². The van der Waals surface area contributed by atoms with Crippen molar-refractivity contribution in [2.24, 2.45) is 0 Å². The Labute approximate surface area is 51.3 Å². The van der Waals surface area contributed by atoms with Gasteiger partial charge in [0.05, 0.1) is 6.26 Å². The minimum Gasteiger partial charge on any atom is -0.471 e. The van der Waals surface area contributed by atoms with Crippen molar-refractivity contribution in [3.63, 3.8) is 0 Å². The summed E-state index contributed by atoms with van der Waals surface area (Å²) < 4.78 is 36.1. The zero-order chi connectivity index (χ0) is 6.91. The van der Waals surface area contributed by atoms with E-state index in [1.165, 1.54) is 0 Å². The first-order valence-electron chi connectivity index (χ1n) is 2.07. The Morgan fingerprint density at radius 2 is 2.22 bits per heavy atom. The largest absolute Gasteiger partial charge is 0.471 e. The number of hydrogen-bond acceptors (Lipinski definition) is 3. The Morgan fingerprint density at radius 1 is 1.56 bits per heavy atom. The second-order valence-corrected chi connectivity index (χ2v) is 2.74. The fraction of sp³-hybridized carbons (Fsp3) is 0. The SMILES string of the molecule is O=S(=O)(F)c1ccoc1. The van der Waals surface area contributed by atoms with Crippen LogP contribution in [0.2, 0.25) is 0 Å². The van der Waals surface area contributed by atoms with Crippen LogP contribution in [0.25, 0.3) is 0 Å². The molecule has 0 fully saturated rings. The van der Waals surface area contributed by atoms with E-state index in [0.29, 0.717) is 0 Å². The maximum absolute atomic E-state index is 11.9. The third kappa shape index (κ3) is 1.29. The van der Waals surface area contributed by atoms with Crippen LogP contribution in [-0.4, -0.2) is 8.42 Å². The van der Waals surface area contributed by atoms with Gasteiger partial charge in [0.1, 0.15) is 11.2 Å². The van der Waals surface area contributed by atoms with Crippen molar-refractivity contribution in [2.45, 2.75) is 4.90 Å². The van der Waals surface area contributed by atoms with Crippen LogP contribution in [0, 0.1) is 0 Å². The molecule has 0 saturated carbocycles. The predicted molar refractivity (Wildman–Crippen MR) is 27.0 cm³/mol. The Bertz CT molecular complexity index is 273. The molecular formula is C4H3FO3S. The summed E-state index contributed by atoms with van der Waals surface area (Å²) >= 11 is 0. The third-order valence-electron chi connectivity index (χ3n) is 0.777. The molecule has 1 rings (SSSR count). The molecule has 1 aromatic rings. The van der Waals surface area contributed by atoms with E-state index in [0.717, 1.165) is 18.6 Å². The highest BCUT2D eigenvalue weighted by molar-refractivity contribution is 7.86. The van der Waals surface area contributed by atoms with Crippen molar-refractivity contribution in [3.05, 3.63) is 18.6 Å². The molecule has 0 bridgehead atoms. The highest BCUT2D eigenvalue weighted by Gasteiger charge is 2.11. The second kappa shape index (κ2) is 1.84. The van der Waals surface area contributed by atoms with Crippen LogP contribution in [0.15, 0.2) is 27.9 Å². The molecule has 0 radical (unpaired) electrons. The summed E-state index contributed by atoms with van der Waals surface area (Å²) in [6.45, 7) is 0. The van der Waals surface area contributed by atoms with Gasteiger partial charge in [0.15, 0.2) is 0 Å². The van der Waals surface area contributed by atoms with Gasteiger partial charge in [-0.3, -0.25) is 0 Å². The molecule has 1 heterocycles. The molecule has 0 saturated heterocycles. The summed E-state index contributed by atoms with van der Waals surface area (Å²) in [5, 5.41) is 0. The molecule has 5 heteroatoms. The fourth-order valence-electron chi connectivity index (χ4n) is 0.391. The smallest absolute Gasteiger partial charge is 0.335 e. The molecule has 9 heavy (non-hydrogen) atoms. The van der Waals surface area contributed by atoms with Gasteiger partial charge in [-0.15, -0.1) is 3.89 Å². The van der Waals surface area contributed by atoms with Crippen molar-refractivity contribution in [3.8, 4) is 0 Å². The first-order valence-corrected chi connectivity index (χ1v) is 3.46. The maximum Gasteiger partial charge on any atom is 0.335 e. The van der Waals surface area contributed by atoms with E-state index < -0.39 is 15.1 Å². The van der Waals surface area contributed by atoms with E-state index in [-0.39, 0.29) is 0 Å². The van der Waals surface area contributed by atoms with Gasteiger partial charge in [-0.25, -0.2) is 0 Å². The molecule has 0 aliphatic carbocycles. The van der Waals surface area contributed by atoms with Crippen LogP contribution < -0.4 is 0 Å². The summed E-state index contributed by atoms with van der Waals surface area (Å²) in [5.41, 5.74) is 0. The minimum atomic E-state index is -4.55. The lowest BCUT2D eigenvalue weighted by molar-refractivity contribution is 0.539. The molecule has 50 valence electrons. The highest BCUT2D eigenvalue weighted by atomic mass is 32.3. The van der Waals surface area contributed by atoms with E-state index in [4.69, 9.17) is 0 Å². The Kier molecular flexibility index (Phi) is 1.28. The molecule has 0 N–H and O–H groups in total. The molecule has 0 aliphatic heterocycles. The van der Waals surface area contributed by atoms with E-state index in [2.05, 4.69) is 4.42 Å². The van der Waals surface area contributed by atoms with E-state index in [1.807, 2.05) is 0 Å². The van der Waals surface area contributed by atoms with Crippen LogP contribution in [0.5, 0.6) is 0 Å². The van der Waals surface area contributed by atoms with Crippen LogP contribution in [0.4, 0.5) is 3.89 Å². The number of rotatable bonds is 1. The lowest BCUT2D eigenvalue weighted by Crippen LogP contribution is -1.86. The Morgan fingerprint density at radius 3 is 2.44 bits per heavy atom. The highest BCUT2D eigenvalue weighted by Crippen LogP contribution is 2.10. The van der Waals surface area contributed by atoms with E-state index in [9.17, 15) is 12.3 Å². The van der Waals surface area contributed by atoms with Gasteiger partial charge in [0.25, 0.3) is 0 Å². The van der Waals surface area contributed by atoms with E-state index in [1.54, 1.807) is 0 Å². The van der Waals surface area contributed by atoms with Crippen molar-refractivity contribution >= 4 is 10.2 Å². The quantitative estimate of drug-likeness (QED) is 0.559. The first-order chi connectivity index (χ1) is 4.11. The summed E-state index contributed by atoms with van der Waals surface area (Å²) in [4.78, 5) is -0.442. The number of furan rings is 1. The molecule has 0 aliphatic rings. The standard InChI is InChI=1S/C4H3FO3S/c5-9(6,7)4-1-2-8-3-4/h1-3H. The fourth-order valence-corrected chi connectivity index (χ4v) is 0.779. The first kappa shape index (κ1) is 6.28. The summed E-state index contributed by atoms with van der Waals surface area (Å²) in [6, 6.07) is 1.04. The lowest BCUT2D eigenvalue weighted by atomic mass is 10.7. The van der Waals surface area contributed by atoms with Gasteiger partial charge in [-0.1, -0.05) is 0 Å². The molecule has 0 unspecified atom stereocenters. The molecule has 0 aromatic carbocycles. The van der Waals surface area contributed by atoms with E-state index >= 15 is 0 Å². The van der Waals surface area contributed by atoms with Gasteiger partial charge in [-0.05, 0) is 6.07 Å². The van der Waals surface area contributed by atoms with Gasteiger partial charge in [-0.2, -0.15) is 8.42 Å². The summed E-state index contributed by atoms with van der Waals surface area (Å²) in [6.07, 6.45) is 1.92. The summed E-state index contributed by atoms with van der Waals surface area (Å²) in [7, 11) is -4.55. The predicted octanol–water partition coefficient (Wildman–Crippen LogP) is 0.938. The molecule has 0 atom stereocenters. The second-order valence-electron chi connectivity index (χ2n) is 1.40.